The predicted molar refractivity (Wildman–Crippen MR) is 74.3 cm³/mol. The molecule has 0 bridgehead atoms. The topological polar surface area (TPSA) is 38.8 Å². The first kappa shape index (κ1) is 16.0. The van der Waals surface area contributed by atoms with Crippen LogP contribution in [-0.2, 0) is 21.1 Å². The van der Waals surface area contributed by atoms with Gasteiger partial charge in [0.25, 0.3) is 5.91 Å². The molecule has 0 unspecified atom stereocenters. The number of amides is 1. The molecule has 0 radical (unpaired) electrons. The molecule has 1 aromatic rings. The van der Waals surface area contributed by atoms with Crippen LogP contribution in [0.3, 0.4) is 0 Å². The minimum absolute atomic E-state index is 0.270. The summed E-state index contributed by atoms with van der Waals surface area (Å²) in [6.45, 7) is 2.16. The quantitative estimate of drug-likeness (QED) is 0.397. The van der Waals surface area contributed by atoms with Gasteiger partial charge in [-0.25, -0.2) is 9.68 Å². The number of benzene rings is 1. The van der Waals surface area contributed by atoms with Gasteiger partial charge in [-0.2, -0.15) is 0 Å². The van der Waals surface area contributed by atoms with Crippen molar-refractivity contribution in [2.45, 2.75) is 32.8 Å². The Labute approximate surface area is 119 Å². The summed E-state index contributed by atoms with van der Waals surface area (Å²) in [7, 11) is 0. The fourth-order valence-corrected chi connectivity index (χ4v) is 1.64. The summed E-state index contributed by atoms with van der Waals surface area (Å²) in [6, 6.07) is 9.63. The van der Waals surface area contributed by atoms with Gasteiger partial charge in [0, 0.05) is 12.8 Å². The molecule has 19 heavy (non-hydrogen) atoms. The molecule has 106 valence electrons. The molecule has 0 aliphatic rings. The molecular weight excluding hydrogens is 266 g/mol. The first-order chi connectivity index (χ1) is 9.24. The summed E-state index contributed by atoms with van der Waals surface area (Å²) in [5.74, 6) is 0.384. The minimum atomic E-state index is -0.270. The van der Waals surface area contributed by atoms with Crippen LogP contribution in [0.4, 0.5) is 0 Å². The predicted octanol–water partition coefficient (Wildman–Crippen LogP) is 3.31. The van der Waals surface area contributed by atoms with Crippen molar-refractivity contribution in [2.24, 2.45) is 0 Å². The molecule has 1 aromatic carbocycles. The number of carbonyl (C=O) groups is 1. The van der Waals surface area contributed by atoms with Gasteiger partial charge in [-0.1, -0.05) is 35.6 Å². The molecule has 0 spiro atoms. The Morgan fingerprint density at radius 1 is 1.16 bits per heavy atom. The lowest BCUT2D eigenvalue weighted by atomic mass is 10.2. The van der Waals surface area contributed by atoms with E-state index in [0.717, 1.165) is 30.1 Å². The molecule has 0 N–H and O–H groups in total. The Balaban J connectivity index is 2.26. The summed E-state index contributed by atoms with van der Waals surface area (Å²) in [5, 5.41) is 0.952. The summed E-state index contributed by atoms with van der Waals surface area (Å²) in [5.41, 5.74) is 0.986. The highest BCUT2D eigenvalue weighted by Gasteiger charge is 2.10. The van der Waals surface area contributed by atoms with Gasteiger partial charge in [0.2, 0.25) is 0 Å². The molecule has 1 amide bonds. The second-order valence-corrected chi connectivity index (χ2v) is 4.50. The Hall–Kier alpha value is -1.10. The molecule has 4 nitrogen and oxygen atoms in total. The van der Waals surface area contributed by atoms with Crippen LogP contribution in [0, 0.1) is 0 Å². The third kappa shape index (κ3) is 7.15. The van der Waals surface area contributed by atoms with Crippen LogP contribution in [0.5, 0.6) is 0 Å². The molecule has 0 aliphatic carbocycles. The lowest BCUT2D eigenvalue weighted by Crippen LogP contribution is -2.29. The van der Waals surface area contributed by atoms with E-state index < -0.39 is 0 Å². The van der Waals surface area contributed by atoms with Crippen molar-refractivity contribution in [3.05, 3.63) is 35.9 Å². The standard InChI is InChI=1S/C14H20ClNO3/c1-13(17)16(18-11-7-3-6-10-15)19-12-14-8-4-2-5-9-14/h2,4-5,8-9H,3,6-7,10-12H2,1H3. The highest BCUT2D eigenvalue weighted by atomic mass is 35.5. The second-order valence-electron chi connectivity index (χ2n) is 4.12. The number of hydrogen-bond donors (Lipinski definition) is 0. The zero-order valence-corrected chi connectivity index (χ0v) is 11.9. The van der Waals surface area contributed by atoms with Gasteiger partial charge >= 0.3 is 0 Å². The van der Waals surface area contributed by atoms with Gasteiger partial charge in [0.1, 0.15) is 6.61 Å². The van der Waals surface area contributed by atoms with Crippen molar-refractivity contribution in [1.29, 1.82) is 0 Å². The highest BCUT2D eigenvalue weighted by Crippen LogP contribution is 2.05. The number of nitrogens with zero attached hydrogens (tertiary/aromatic N) is 1. The van der Waals surface area contributed by atoms with E-state index in [1.165, 1.54) is 6.92 Å². The Morgan fingerprint density at radius 2 is 1.89 bits per heavy atom. The second kappa shape index (κ2) is 9.78. The average molecular weight is 286 g/mol. The number of halogens is 1. The van der Waals surface area contributed by atoms with Crippen molar-refractivity contribution >= 4 is 17.5 Å². The van der Waals surface area contributed by atoms with Crippen LogP contribution in [0.25, 0.3) is 0 Å². The van der Waals surface area contributed by atoms with Crippen molar-refractivity contribution in [2.75, 3.05) is 12.5 Å². The van der Waals surface area contributed by atoms with Crippen molar-refractivity contribution in [3.63, 3.8) is 0 Å². The highest BCUT2D eigenvalue weighted by molar-refractivity contribution is 6.17. The van der Waals surface area contributed by atoms with Crippen molar-refractivity contribution in [3.8, 4) is 0 Å². The van der Waals surface area contributed by atoms with Gasteiger partial charge in [0.15, 0.2) is 0 Å². The van der Waals surface area contributed by atoms with Crippen LogP contribution >= 0.6 is 11.6 Å². The number of hydroxylamine groups is 2. The fraction of sp³-hybridized carbons (Fsp3) is 0.500. The molecule has 0 atom stereocenters. The fourth-order valence-electron chi connectivity index (χ4n) is 1.45. The maximum absolute atomic E-state index is 11.3. The van der Waals surface area contributed by atoms with Gasteiger partial charge in [-0.15, -0.1) is 11.6 Å². The molecular formula is C14H20ClNO3. The van der Waals surface area contributed by atoms with Crippen molar-refractivity contribution < 1.29 is 14.5 Å². The molecule has 0 saturated carbocycles. The van der Waals surface area contributed by atoms with Gasteiger partial charge in [0.05, 0.1) is 6.61 Å². The van der Waals surface area contributed by atoms with E-state index >= 15 is 0 Å². The van der Waals surface area contributed by atoms with Gasteiger partial charge in [-0.3, -0.25) is 4.79 Å². The van der Waals surface area contributed by atoms with E-state index in [9.17, 15) is 4.79 Å². The monoisotopic (exact) mass is 285 g/mol. The average Bonchev–Trinajstić information content (AvgIpc) is 2.42. The summed E-state index contributed by atoms with van der Waals surface area (Å²) < 4.78 is 0. The minimum Gasteiger partial charge on any atom is -0.270 e. The maximum atomic E-state index is 11.3. The van der Waals surface area contributed by atoms with E-state index in [-0.39, 0.29) is 5.91 Å². The molecule has 0 heterocycles. The molecule has 1 rings (SSSR count). The van der Waals surface area contributed by atoms with E-state index in [0.29, 0.717) is 19.1 Å². The molecule has 5 heteroatoms. The Kier molecular flexibility index (Phi) is 8.21. The van der Waals surface area contributed by atoms with Crippen LogP contribution < -0.4 is 0 Å². The van der Waals surface area contributed by atoms with E-state index in [2.05, 4.69) is 0 Å². The Morgan fingerprint density at radius 3 is 2.53 bits per heavy atom. The molecule has 0 fully saturated rings. The summed E-state index contributed by atoms with van der Waals surface area (Å²) in [4.78, 5) is 22.0. The smallest absolute Gasteiger partial charge is 0.270 e. The molecule has 0 aliphatic heterocycles. The zero-order chi connectivity index (χ0) is 13.9. The SMILES string of the molecule is CC(=O)N(OCCCCCCl)OCc1ccccc1. The summed E-state index contributed by atoms with van der Waals surface area (Å²) >= 11 is 5.58. The molecule has 0 saturated heterocycles. The van der Waals surface area contributed by atoms with Crippen LogP contribution in [0.2, 0.25) is 0 Å². The summed E-state index contributed by atoms with van der Waals surface area (Å²) in [6.07, 6.45) is 2.79. The van der Waals surface area contributed by atoms with E-state index in [4.69, 9.17) is 21.3 Å². The lowest BCUT2D eigenvalue weighted by molar-refractivity contribution is -0.346. The number of unbranched alkanes of at least 4 members (excludes halogenated alkanes) is 2. The third-order valence-electron chi connectivity index (χ3n) is 2.43. The largest absolute Gasteiger partial charge is 0.270 e. The third-order valence-corrected chi connectivity index (χ3v) is 2.70. The number of alkyl halides is 1. The molecule has 0 aromatic heterocycles. The Bertz CT molecular complexity index is 359. The normalized spacial score (nSPS) is 10.4. The lowest BCUT2D eigenvalue weighted by Gasteiger charge is -2.19. The first-order valence-electron chi connectivity index (χ1n) is 6.40. The van der Waals surface area contributed by atoms with Crippen LogP contribution in [0.15, 0.2) is 30.3 Å². The maximum Gasteiger partial charge on any atom is 0.270 e. The number of carbonyl (C=O) groups excluding carboxylic acids is 1. The number of hydrogen-bond acceptors (Lipinski definition) is 3. The van der Waals surface area contributed by atoms with E-state index in [1.54, 1.807) is 0 Å². The zero-order valence-electron chi connectivity index (χ0n) is 11.2. The van der Waals surface area contributed by atoms with Gasteiger partial charge in [-0.05, 0) is 24.8 Å². The van der Waals surface area contributed by atoms with E-state index in [1.807, 2.05) is 30.3 Å². The first-order valence-corrected chi connectivity index (χ1v) is 6.94. The number of rotatable bonds is 9. The van der Waals surface area contributed by atoms with Gasteiger partial charge < -0.3 is 0 Å². The van der Waals surface area contributed by atoms with Crippen molar-refractivity contribution in [1.82, 2.24) is 5.23 Å². The van der Waals surface area contributed by atoms with Crippen LogP contribution in [0.1, 0.15) is 31.7 Å². The van der Waals surface area contributed by atoms with Crippen LogP contribution in [-0.4, -0.2) is 23.6 Å².